The van der Waals surface area contributed by atoms with E-state index in [2.05, 4.69) is 34.2 Å². The summed E-state index contributed by atoms with van der Waals surface area (Å²) in [6, 6.07) is 10.5. The first-order chi connectivity index (χ1) is 12.2. The maximum absolute atomic E-state index is 13.2. The Labute approximate surface area is 151 Å². The Hall–Kier alpha value is -1.43. The molecule has 1 aromatic carbocycles. The Bertz CT molecular complexity index is 525. The summed E-state index contributed by atoms with van der Waals surface area (Å²) in [5.41, 5.74) is 1.20. The van der Waals surface area contributed by atoms with Crippen LogP contribution in [0.2, 0.25) is 0 Å². The van der Waals surface area contributed by atoms with Crippen LogP contribution in [0.3, 0.4) is 0 Å². The zero-order valence-corrected chi connectivity index (χ0v) is 15.3. The molecular weight excluding hydrogens is 314 g/mol. The van der Waals surface area contributed by atoms with Crippen LogP contribution in [0.4, 0.5) is 0 Å². The van der Waals surface area contributed by atoms with Crippen LogP contribution in [-0.2, 0) is 16.1 Å². The SMILES string of the molecule is CC(CN1CCOCC1)N(Cc1ccccc1)C(=O)C1CCCNC1. The Morgan fingerprint density at radius 2 is 2.08 bits per heavy atom. The molecular formula is C20H31N3O2. The van der Waals surface area contributed by atoms with Crippen LogP contribution in [0, 0.1) is 5.92 Å². The minimum atomic E-state index is 0.115. The summed E-state index contributed by atoms with van der Waals surface area (Å²) in [6.45, 7) is 9.17. The second kappa shape index (κ2) is 9.32. The molecule has 2 atom stereocenters. The van der Waals surface area contributed by atoms with Crippen molar-refractivity contribution in [2.75, 3.05) is 45.9 Å². The monoisotopic (exact) mass is 345 g/mol. The molecule has 0 bridgehead atoms. The third-order valence-electron chi connectivity index (χ3n) is 5.28. The van der Waals surface area contributed by atoms with E-state index in [0.29, 0.717) is 12.5 Å². The maximum Gasteiger partial charge on any atom is 0.227 e. The van der Waals surface area contributed by atoms with E-state index in [1.165, 1.54) is 5.56 Å². The molecule has 0 saturated carbocycles. The van der Waals surface area contributed by atoms with E-state index in [4.69, 9.17) is 4.74 Å². The molecule has 2 fully saturated rings. The maximum atomic E-state index is 13.2. The number of ether oxygens (including phenoxy) is 1. The van der Waals surface area contributed by atoms with Gasteiger partial charge in [-0.2, -0.15) is 0 Å². The van der Waals surface area contributed by atoms with Crippen LogP contribution in [-0.4, -0.2) is 67.7 Å². The number of benzene rings is 1. The standard InChI is InChI=1S/C20H31N3O2/c1-17(15-22-10-12-25-13-11-22)23(16-18-6-3-2-4-7-18)20(24)19-8-5-9-21-14-19/h2-4,6-7,17,19,21H,5,8-16H2,1H3. The van der Waals surface area contributed by atoms with Gasteiger partial charge in [0.05, 0.1) is 19.1 Å². The van der Waals surface area contributed by atoms with Gasteiger partial charge in [-0.15, -0.1) is 0 Å². The molecule has 138 valence electrons. The van der Waals surface area contributed by atoms with Gasteiger partial charge in [-0.05, 0) is 31.9 Å². The average Bonchev–Trinajstić information content (AvgIpc) is 2.68. The highest BCUT2D eigenvalue weighted by atomic mass is 16.5. The molecule has 3 rings (SSSR count). The number of piperidine rings is 1. The van der Waals surface area contributed by atoms with Crippen molar-refractivity contribution in [3.8, 4) is 0 Å². The molecule has 25 heavy (non-hydrogen) atoms. The number of carbonyl (C=O) groups is 1. The fourth-order valence-electron chi connectivity index (χ4n) is 3.78. The van der Waals surface area contributed by atoms with Crippen molar-refractivity contribution in [3.63, 3.8) is 0 Å². The lowest BCUT2D eigenvalue weighted by Gasteiger charge is -2.37. The first-order valence-electron chi connectivity index (χ1n) is 9.59. The van der Waals surface area contributed by atoms with Crippen molar-refractivity contribution < 1.29 is 9.53 Å². The van der Waals surface area contributed by atoms with E-state index in [1.54, 1.807) is 0 Å². The number of hydrogen-bond donors (Lipinski definition) is 1. The molecule has 2 saturated heterocycles. The van der Waals surface area contributed by atoms with Crippen molar-refractivity contribution in [2.45, 2.75) is 32.4 Å². The van der Waals surface area contributed by atoms with Crippen LogP contribution >= 0.6 is 0 Å². The van der Waals surface area contributed by atoms with Crippen LogP contribution < -0.4 is 5.32 Å². The van der Waals surface area contributed by atoms with Crippen molar-refractivity contribution in [1.82, 2.24) is 15.1 Å². The van der Waals surface area contributed by atoms with Crippen LogP contribution in [0.25, 0.3) is 0 Å². The van der Waals surface area contributed by atoms with E-state index in [0.717, 1.165) is 58.8 Å². The average molecular weight is 345 g/mol. The second-order valence-electron chi connectivity index (χ2n) is 7.26. The molecule has 0 spiro atoms. The molecule has 0 radical (unpaired) electrons. The molecule has 1 amide bonds. The highest BCUT2D eigenvalue weighted by Gasteiger charge is 2.30. The van der Waals surface area contributed by atoms with Gasteiger partial charge in [0, 0.05) is 38.8 Å². The van der Waals surface area contributed by atoms with Crippen LogP contribution in [0.15, 0.2) is 30.3 Å². The van der Waals surface area contributed by atoms with Crippen molar-refractivity contribution in [2.24, 2.45) is 5.92 Å². The summed E-state index contributed by atoms with van der Waals surface area (Å²) in [6.07, 6.45) is 2.09. The minimum Gasteiger partial charge on any atom is -0.379 e. The molecule has 2 unspecified atom stereocenters. The summed E-state index contributed by atoms with van der Waals surface area (Å²) in [5, 5.41) is 3.38. The summed E-state index contributed by atoms with van der Waals surface area (Å²) in [5.74, 6) is 0.418. The smallest absolute Gasteiger partial charge is 0.227 e. The fourth-order valence-corrected chi connectivity index (χ4v) is 3.78. The van der Waals surface area contributed by atoms with E-state index < -0.39 is 0 Å². The van der Waals surface area contributed by atoms with Gasteiger partial charge in [-0.1, -0.05) is 30.3 Å². The van der Waals surface area contributed by atoms with Crippen molar-refractivity contribution >= 4 is 5.91 Å². The lowest BCUT2D eigenvalue weighted by atomic mass is 9.97. The third-order valence-corrected chi connectivity index (χ3v) is 5.28. The van der Waals surface area contributed by atoms with Gasteiger partial charge < -0.3 is 15.0 Å². The molecule has 1 aromatic rings. The molecule has 2 aliphatic rings. The van der Waals surface area contributed by atoms with E-state index in [9.17, 15) is 4.79 Å². The largest absolute Gasteiger partial charge is 0.379 e. The zero-order chi connectivity index (χ0) is 17.5. The highest BCUT2D eigenvalue weighted by molar-refractivity contribution is 5.79. The molecule has 5 nitrogen and oxygen atoms in total. The molecule has 0 aromatic heterocycles. The van der Waals surface area contributed by atoms with Gasteiger partial charge in [0.15, 0.2) is 0 Å². The van der Waals surface area contributed by atoms with Gasteiger partial charge in [-0.3, -0.25) is 9.69 Å². The summed E-state index contributed by atoms with van der Waals surface area (Å²) in [4.78, 5) is 17.7. The third kappa shape index (κ3) is 5.27. The number of nitrogens with zero attached hydrogens (tertiary/aromatic N) is 2. The Kier molecular flexibility index (Phi) is 6.84. The van der Waals surface area contributed by atoms with Crippen LogP contribution in [0.5, 0.6) is 0 Å². The predicted molar refractivity (Wildman–Crippen MR) is 99.3 cm³/mol. The molecule has 1 N–H and O–H groups in total. The van der Waals surface area contributed by atoms with E-state index in [-0.39, 0.29) is 12.0 Å². The zero-order valence-electron chi connectivity index (χ0n) is 15.3. The van der Waals surface area contributed by atoms with Gasteiger partial charge in [0.25, 0.3) is 0 Å². The normalized spacial score (nSPS) is 23.2. The van der Waals surface area contributed by atoms with E-state index in [1.807, 2.05) is 18.2 Å². The second-order valence-corrected chi connectivity index (χ2v) is 7.26. The molecule has 0 aliphatic carbocycles. The van der Waals surface area contributed by atoms with Gasteiger partial charge in [0.2, 0.25) is 5.91 Å². The number of rotatable bonds is 6. The number of hydrogen-bond acceptors (Lipinski definition) is 4. The van der Waals surface area contributed by atoms with Gasteiger partial charge in [0.1, 0.15) is 0 Å². The van der Waals surface area contributed by atoms with Crippen molar-refractivity contribution in [3.05, 3.63) is 35.9 Å². The lowest BCUT2D eigenvalue weighted by Crippen LogP contribution is -2.51. The number of morpholine rings is 1. The Morgan fingerprint density at radius 1 is 1.32 bits per heavy atom. The minimum absolute atomic E-state index is 0.115. The first-order valence-corrected chi connectivity index (χ1v) is 9.59. The molecule has 5 heteroatoms. The van der Waals surface area contributed by atoms with Gasteiger partial charge >= 0.3 is 0 Å². The van der Waals surface area contributed by atoms with Crippen molar-refractivity contribution in [1.29, 1.82) is 0 Å². The fraction of sp³-hybridized carbons (Fsp3) is 0.650. The number of amides is 1. The van der Waals surface area contributed by atoms with E-state index >= 15 is 0 Å². The Morgan fingerprint density at radius 3 is 2.76 bits per heavy atom. The van der Waals surface area contributed by atoms with Crippen LogP contribution in [0.1, 0.15) is 25.3 Å². The Balaban J connectivity index is 1.69. The summed E-state index contributed by atoms with van der Waals surface area (Å²) in [7, 11) is 0. The molecule has 2 aliphatic heterocycles. The lowest BCUT2D eigenvalue weighted by molar-refractivity contribution is -0.139. The summed E-state index contributed by atoms with van der Waals surface area (Å²) >= 11 is 0. The number of nitrogens with one attached hydrogen (secondary N) is 1. The topological polar surface area (TPSA) is 44.8 Å². The van der Waals surface area contributed by atoms with Gasteiger partial charge in [-0.25, -0.2) is 0 Å². The quantitative estimate of drug-likeness (QED) is 0.853. The number of carbonyl (C=O) groups excluding carboxylic acids is 1. The summed E-state index contributed by atoms with van der Waals surface area (Å²) < 4.78 is 5.45. The highest BCUT2D eigenvalue weighted by Crippen LogP contribution is 2.19. The predicted octanol–water partition coefficient (Wildman–Crippen LogP) is 1.74. The first kappa shape index (κ1) is 18.4. The molecule has 2 heterocycles.